The van der Waals surface area contributed by atoms with Gasteiger partial charge in [-0.15, -0.1) is 12.4 Å². The third-order valence-electron chi connectivity index (χ3n) is 2.64. The minimum absolute atomic E-state index is 0. The van der Waals surface area contributed by atoms with Crippen LogP contribution in [-0.4, -0.2) is 4.92 Å². The van der Waals surface area contributed by atoms with Crippen LogP contribution in [0.3, 0.4) is 0 Å². The molecule has 4 nitrogen and oxygen atoms in total. The zero-order chi connectivity index (χ0) is 13.0. The van der Waals surface area contributed by atoms with E-state index in [9.17, 15) is 14.5 Å². The van der Waals surface area contributed by atoms with Gasteiger partial charge in [-0.05, 0) is 30.9 Å². The van der Waals surface area contributed by atoms with Crippen molar-refractivity contribution in [2.45, 2.75) is 32.7 Å². The van der Waals surface area contributed by atoms with Crippen molar-refractivity contribution in [1.82, 2.24) is 0 Å². The van der Waals surface area contributed by atoms with Crippen LogP contribution in [0.2, 0.25) is 0 Å². The summed E-state index contributed by atoms with van der Waals surface area (Å²) in [6.45, 7) is 4.10. The molecule has 0 saturated carbocycles. The van der Waals surface area contributed by atoms with E-state index < -0.39 is 16.8 Å². The van der Waals surface area contributed by atoms with E-state index in [4.69, 9.17) is 5.73 Å². The van der Waals surface area contributed by atoms with E-state index in [1.54, 1.807) is 0 Å². The summed E-state index contributed by atoms with van der Waals surface area (Å²) in [5, 5.41) is 10.8. The number of nitro groups is 1. The smallest absolute Gasteiger partial charge is 0.274 e. The Morgan fingerprint density at radius 3 is 2.50 bits per heavy atom. The molecule has 2 N–H and O–H groups in total. The van der Waals surface area contributed by atoms with Crippen LogP contribution in [0.25, 0.3) is 0 Å². The summed E-state index contributed by atoms with van der Waals surface area (Å²) in [6, 6.07) is 2.91. The van der Waals surface area contributed by atoms with E-state index in [0.29, 0.717) is 12.3 Å². The predicted octanol–water partition coefficient (Wildman–Crippen LogP) is 3.59. The van der Waals surface area contributed by atoms with Crippen LogP contribution in [0.5, 0.6) is 0 Å². The standard InChI is InChI=1S/C12H17FN2O2.ClH/c1-8(2)3-5-11(14)10-7-9(13)4-6-12(10)15(16)17;/h4,6-8,11H,3,5,14H2,1-2H3;1H/t11-;/m1./s1. The molecule has 1 atom stereocenters. The highest BCUT2D eigenvalue weighted by Gasteiger charge is 2.20. The summed E-state index contributed by atoms with van der Waals surface area (Å²) in [7, 11) is 0. The molecule has 1 aromatic carbocycles. The summed E-state index contributed by atoms with van der Waals surface area (Å²) in [4.78, 5) is 10.3. The van der Waals surface area contributed by atoms with Crippen molar-refractivity contribution < 1.29 is 9.31 Å². The largest absolute Gasteiger partial charge is 0.324 e. The van der Waals surface area contributed by atoms with Crippen molar-refractivity contribution in [3.8, 4) is 0 Å². The Balaban J connectivity index is 0.00000289. The van der Waals surface area contributed by atoms with E-state index in [0.717, 1.165) is 18.6 Å². The Labute approximate surface area is 112 Å². The first-order chi connectivity index (χ1) is 7.91. The van der Waals surface area contributed by atoms with Gasteiger partial charge in [-0.25, -0.2) is 4.39 Å². The molecule has 0 saturated heterocycles. The number of nitrogens with two attached hydrogens (primary N) is 1. The average molecular weight is 277 g/mol. The topological polar surface area (TPSA) is 69.2 Å². The summed E-state index contributed by atoms with van der Waals surface area (Å²) >= 11 is 0. The van der Waals surface area contributed by atoms with E-state index >= 15 is 0 Å². The molecule has 0 amide bonds. The van der Waals surface area contributed by atoms with E-state index in [-0.39, 0.29) is 23.7 Å². The van der Waals surface area contributed by atoms with Crippen LogP contribution in [0.15, 0.2) is 18.2 Å². The molecule has 0 aliphatic heterocycles. The fourth-order valence-electron chi connectivity index (χ4n) is 1.66. The summed E-state index contributed by atoms with van der Waals surface area (Å²) in [5.41, 5.74) is 6.04. The van der Waals surface area contributed by atoms with Gasteiger partial charge in [0.2, 0.25) is 0 Å². The molecule has 1 rings (SSSR count). The highest BCUT2D eigenvalue weighted by Crippen LogP contribution is 2.28. The zero-order valence-corrected chi connectivity index (χ0v) is 11.2. The molecule has 102 valence electrons. The first-order valence-corrected chi connectivity index (χ1v) is 5.61. The van der Waals surface area contributed by atoms with Gasteiger partial charge in [-0.3, -0.25) is 10.1 Å². The third-order valence-corrected chi connectivity index (χ3v) is 2.64. The number of hydrogen-bond donors (Lipinski definition) is 1. The molecule has 1 aromatic rings. The SMILES string of the molecule is CC(C)CC[C@@H](N)c1cc(F)ccc1[N+](=O)[O-].Cl. The Morgan fingerprint density at radius 2 is 2.00 bits per heavy atom. The number of nitrogens with zero attached hydrogens (tertiary/aromatic N) is 1. The minimum Gasteiger partial charge on any atom is -0.324 e. The van der Waals surface area contributed by atoms with E-state index in [1.807, 2.05) is 13.8 Å². The van der Waals surface area contributed by atoms with Crippen LogP contribution >= 0.6 is 12.4 Å². The normalized spacial score (nSPS) is 12.1. The maximum atomic E-state index is 13.1. The van der Waals surface area contributed by atoms with Gasteiger partial charge >= 0.3 is 0 Å². The third kappa shape index (κ3) is 4.58. The van der Waals surface area contributed by atoms with Gasteiger partial charge in [-0.1, -0.05) is 13.8 Å². The second-order valence-corrected chi connectivity index (χ2v) is 4.54. The fourth-order valence-corrected chi connectivity index (χ4v) is 1.66. The molecule has 0 radical (unpaired) electrons. The zero-order valence-electron chi connectivity index (χ0n) is 10.4. The Bertz CT molecular complexity index is 413. The van der Waals surface area contributed by atoms with Crippen molar-refractivity contribution in [2.75, 3.05) is 0 Å². The van der Waals surface area contributed by atoms with Gasteiger partial charge in [0.05, 0.1) is 4.92 Å². The lowest BCUT2D eigenvalue weighted by Crippen LogP contribution is -2.13. The molecule has 0 aromatic heterocycles. The molecule has 0 bridgehead atoms. The average Bonchev–Trinajstić information content (AvgIpc) is 2.25. The van der Waals surface area contributed by atoms with Crippen molar-refractivity contribution in [3.63, 3.8) is 0 Å². The maximum absolute atomic E-state index is 13.1. The van der Waals surface area contributed by atoms with Crippen molar-refractivity contribution in [2.24, 2.45) is 11.7 Å². The van der Waals surface area contributed by atoms with Gasteiger partial charge in [0.1, 0.15) is 5.82 Å². The minimum atomic E-state index is -0.524. The number of rotatable bonds is 5. The van der Waals surface area contributed by atoms with Crippen molar-refractivity contribution in [3.05, 3.63) is 39.7 Å². The summed E-state index contributed by atoms with van der Waals surface area (Å²) < 4.78 is 13.1. The molecule has 18 heavy (non-hydrogen) atoms. The van der Waals surface area contributed by atoms with Crippen molar-refractivity contribution >= 4 is 18.1 Å². The van der Waals surface area contributed by atoms with Gasteiger partial charge in [-0.2, -0.15) is 0 Å². The first-order valence-electron chi connectivity index (χ1n) is 5.61. The molecule has 6 heteroatoms. The second-order valence-electron chi connectivity index (χ2n) is 4.54. The number of halogens is 2. The number of benzene rings is 1. The lowest BCUT2D eigenvalue weighted by atomic mass is 9.97. The molecule has 0 unspecified atom stereocenters. The van der Waals surface area contributed by atoms with Gasteiger partial charge in [0.25, 0.3) is 5.69 Å². The lowest BCUT2D eigenvalue weighted by molar-refractivity contribution is -0.385. The van der Waals surface area contributed by atoms with Crippen LogP contribution in [0.1, 0.15) is 38.3 Å². The first kappa shape index (κ1) is 16.8. The summed E-state index contributed by atoms with van der Waals surface area (Å²) in [6.07, 6.45) is 1.47. The monoisotopic (exact) mass is 276 g/mol. The molecule has 0 aliphatic carbocycles. The highest BCUT2D eigenvalue weighted by molar-refractivity contribution is 5.85. The highest BCUT2D eigenvalue weighted by atomic mass is 35.5. The molecular formula is C12H18ClFN2O2. The maximum Gasteiger partial charge on any atom is 0.274 e. The number of nitro benzene ring substituents is 1. The Hall–Kier alpha value is -1.20. The van der Waals surface area contributed by atoms with Gasteiger partial charge < -0.3 is 5.73 Å². The van der Waals surface area contributed by atoms with Crippen LogP contribution in [0, 0.1) is 21.8 Å². The van der Waals surface area contributed by atoms with Gasteiger partial charge in [0, 0.05) is 17.7 Å². The van der Waals surface area contributed by atoms with E-state index in [1.165, 1.54) is 6.07 Å². The molecule has 0 aliphatic rings. The van der Waals surface area contributed by atoms with Gasteiger partial charge in [0.15, 0.2) is 0 Å². The Morgan fingerprint density at radius 1 is 1.39 bits per heavy atom. The van der Waals surface area contributed by atoms with Crippen LogP contribution < -0.4 is 5.73 Å². The number of hydrogen-bond acceptors (Lipinski definition) is 3. The quantitative estimate of drug-likeness (QED) is 0.660. The predicted molar refractivity (Wildman–Crippen MR) is 71.3 cm³/mol. The fraction of sp³-hybridized carbons (Fsp3) is 0.500. The molecule has 0 spiro atoms. The van der Waals surface area contributed by atoms with E-state index in [2.05, 4.69) is 0 Å². The molecular weight excluding hydrogens is 259 g/mol. The Kier molecular flexibility index (Phi) is 6.80. The molecule has 0 heterocycles. The molecule has 0 fully saturated rings. The lowest BCUT2D eigenvalue weighted by Gasteiger charge is -2.13. The van der Waals surface area contributed by atoms with Crippen molar-refractivity contribution in [1.29, 1.82) is 0 Å². The summed E-state index contributed by atoms with van der Waals surface area (Å²) in [5.74, 6) is -0.0285. The van der Waals surface area contributed by atoms with Crippen LogP contribution in [-0.2, 0) is 0 Å². The second kappa shape index (κ2) is 7.28. The van der Waals surface area contributed by atoms with Crippen LogP contribution in [0.4, 0.5) is 10.1 Å².